The predicted molar refractivity (Wildman–Crippen MR) is 139 cm³/mol. The number of anilines is 2. The summed E-state index contributed by atoms with van der Waals surface area (Å²) >= 11 is 1.36. The summed E-state index contributed by atoms with van der Waals surface area (Å²) in [6.45, 7) is 5.13. The van der Waals surface area contributed by atoms with Crippen LogP contribution in [0.15, 0.2) is 23.6 Å². The molecule has 0 radical (unpaired) electrons. The standard InChI is InChI=1S/C24H33N5O4S2/c1-17-7-8-21(20(15-17)22(30)18-5-3-4-6-18)26-23(31)27-24-25-19(16-34-24)9-10-28-11-13-29(14-12-28)35(2,32)33/h7-8,15-16,18H,3-6,9-14H2,1-2H3,(H2,25,26,27,31). The number of urea groups is 1. The zero-order valence-corrected chi connectivity index (χ0v) is 21.9. The molecule has 1 saturated heterocycles. The molecule has 1 aliphatic heterocycles. The number of hydrogen-bond donors (Lipinski definition) is 2. The number of nitrogens with one attached hydrogen (secondary N) is 2. The highest BCUT2D eigenvalue weighted by Gasteiger charge is 2.26. The molecule has 2 N–H and O–H groups in total. The van der Waals surface area contributed by atoms with E-state index in [2.05, 4.69) is 20.5 Å². The lowest BCUT2D eigenvalue weighted by Crippen LogP contribution is -2.48. The average molecular weight is 520 g/mol. The zero-order valence-electron chi connectivity index (χ0n) is 20.2. The van der Waals surface area contributed by atoms with Gasteiger partial charge < -0.3 is 10.2 Å². The minimum atomic E-state index is -3.13. The first kappa shape index (κ1) is 25.7. The van der Waals surface area contributed by atoms with E-state index in [0.717, 1.165) is 49.9 Å². The third kappa shape index (κ3) is 6.87. The number of aryl methyl sites for hydroxylation is 1. The highest BCUT2D eigenvalue weighted by molar-refractivity contribution is 7.88. The highest BCUT2D eigenvalue weighted by atomic mass is 32.2. The van der Waals surface area contributed by atoms with Crippen LogP contribution in [-0.2, 0) is 16.4 Å². The molecule has 0 unspecified atom stereocenters. The Morgan fingerprint density at radius 2 is 1.83 bits per heavy atom. The fourth-order valence-electron chi connectivity index (χ4n) is 4.67. The summed E-state index contributed by atoms with van der Waals surface area (Å²) in [5.74, 6) is 0.145. The molecular formula is C24H33N5O4S2. The van der Waals surface area contributed by atoms with Gasteiger partial charge in [0.05, 0.1) is 17.6 Å². The number of aromatic nitrogens is 1. The molecule has 0 atom stereocenters. The van der Waals surface area contributed by atoms with Crippen LogP contribution in [0.2, 0.25) is 0 Å². The van der Waals surface area contributed by atoms with Gasteiger partial charge in [-0.05, 0) is 31.9 Å². The molecule has 2 fully saturated rings. The van der Waals surface area contributed by atoms with E-state index in [0.29, 0.717) is 42.6 Å². The molecule has 0 bridgehead atoms. The minimum Gasteiger partial charge on any atom is -0.307 e. The van der Waals surface area contributed by atoms with Crippen molar-refractivity contribution in [3.05, 3.63) is 40.4 Å². The van der Waals surface area contributed by atoms with Crippen molar-refractivity contribution >= 4 is 44.0 Å². The number of hydrogen-bond acceptors (Lipinski definition) is 7. The van der Waals surface area contributed by atoms with Crippen LogP contribution in [0.25, 0.3) is 0 Å². The van der Waals surface area contributed by atoms with E-state index in [1.54, 1.807) is 6.07 Å². The lowest BCUT2D eigenvalue weighted by molar-refractivity contribution is 0.0923. The van der Waals surface area contributed by atoms with Crippen LogP contribution < -0.4 is 10.6 Å². The second-order valence-corrected chi connectivity index (χ2v) is 12.2. The third-order valence-electron chi connectivity index (χ3n) is 6.67. The lowest BCUT2D eigenvalue weighted by atomic mass is 9.94. The summed E-state index contributed by atoms with van der Waals surface area (Å²) in [4.78, 5) is 32.4. The quantitative estimate of drug-likeness (QED) is 0.516. The monoisotopic (exact) mass is 519 g/mol. The van der Waals surface area contributed by atoms with Gasteiger partial charge in [-0.2, -0.15) is 4.31 Å². The molecule has 2 amide bonds. The van der Waals surface area contributed by atoms with Crippen LogP contribution >= 0.6 is 11.3 Å². The molecule has 35 heavy (non-hydrogen) atoms. The Morgan fingerprint density at radius 3 is 2.51 bits per heavy atom. The number of Topliss-reactive ketones (excluding diaryl/α,β-unsaturated/α-hetero) is 1. The Balaban J connectivity index is 1.29. The molecule has 1 aromatic heterocycles. The Kier molecular flexibility index (Phi) is 8.20. The van der Waals surface area contributed by atoms with Gasteiger partial charge in [0, 0.05) is 56.0 Å². The first-order valence-electron chi connectivity index (χ1n) is 12.0. The number of nitrogens with zero attached hydrogens (tertiary/aromatic N) is 3. The SMILES string of the molecule is Cc1ccc(NC(=O)Nc2nc(CCN3CCN(S(C)(=O)=O)CC3)cs2)c(C(=O)C2CCCC2)c1. The van der Waals surface area contributed by atoms with Crippen molar-refractivity contribution in [1.82, 2.24) is 14.2 Å². The summed E-state index contributed by atoms with van der Waals surface area (Å²) in [5.41, 5.74) is 2.96. The molecule has 1 aromatic carbocycles. The number of benzene rings is 1. The van der Waals surface area contributed by atoms with Gasteiger partial charge in [0.1, 0.15) is 0 Å². The largest absolute Gasteiger partial charge is 0.325 e. The van der Waals surface area contributed by atoms with Crippen LogP contribution in [0.5, 0.6) is 0 Å². The van der Waals surface area contributed by atoms with E-state index >= 15 is 0 Å². The van der Waals surface area contributed by atoms with E-state index in [4.69, 9.17) is 0 Å². The number of amides is 2. The van der Waals surface area contributed by atoms with Gasteiger partial charge in [-0.25, -0.2) is 18.2 Å². The molecule has 1 saturated carbocycles. The Morgan fingerprint density at radius 1 is 1.11 bits per heavy atom. The predicted octanol–water partition coefficient (Wildman–Crippen LogP) is 3.59. The van der Waals surface area contributed by atoms with Crippen molar-refractivity contribution in [3.63, 3.8) is 0 Å². The smallest absolute Gasteiger partial charge is 0.307 e. The number of sulfonamides is 1. The average Bonchev–Trinajstić information content (AvgIpc) is 3.50. The summed E-state index contributed by atoms with van der Waals surface area (Å²) in [6.07, 6.45) is 5.94. The molecule has 190 valence electrons. The molecule has 4 rings (SSSR count). The second kappa shape index (κ2) is 11.2. The number of piperazine rings is 1. The molecule has 2 aliphatic rings. The Hall–Kier alpha value is -2.34. The number of carbonyl (C=O) groups excluding carboxylic acids is 2. The minimum absolute atomic E-state index is 0.0382. The van der Waals surface area contributed by atoms with Gasteiger partial charge >= 0.3 is 6.03 Å². The molecule has 1 aliphatic carbocycles. The van der Waals surface area contributed by atoms with Gasteiger partial charge in [0.2, 0.25) is 10.0 Å². The summed E-state index contributed by atoms with van der Waals surface area (Å²) in [6, 6.07) is 5.10. The van der Waals surface area contributed by atoms with Crippen molar-refractivity contribution in [1.29, 1.82) is 0 Å². The van der Waals surface area contributed by atoms with Gasteiger partial charge in [-0.1, -0.05) is 24.5 Å². The van der Waals surface area contributed by atoms with Crippen molar-refractivity contribution in [2.75, 3.05) is 49.6 Å². The molecular weight excluding hydrogens is 486 g/mol. The summed E-state index contributed by atoms with van der Waals surface area (Å²) in [7, 11) is -3.13. The normalized spacial score (nSPS) is 18.0. The number of rotatable bonds is 8. The van der Waals surface area contributed by atoms with E-state index in [-0.39, 0.29) is 11.7 Å². The third-order valence-corrected chi connectivity index (χ3v) is 8.78. The molecule has 2 aromatic rings. The molecule has 11 heteroatoms. The zero-order chi connectivity index (χ0) is 25.0. The second-order valence-electron chi connectivity index (χ2n) is 9.37. The number of thiazole rings is 1. The maximum absolute atomic E-state index is 13.0. The van der Waals surface area contributed by atoms with Crippen LogP contribution in [0, 0.1) is 12.8 Å². The number of carbonyl (C=O) groups is 2. The van der Waals surface area contributed by atoms with Crippen molar-refractivity contribution in [2.45, 2.75) is 39.0 Å². The van der Waals surface area contributed by atoms with E-state index in [1.807, 2.05) is 24.4 Å². The van der Waals surface area contributed by atoms with E-state index in [9.17, 15) is 18.0 Å². The number of ketones is 1. The highest BCUT2D eigenvalue weighted by Crippen LogP contribution is 2.31. The fraction of sp³-hybridized carbons (Fsp3) is 0.542. The van der Waals surface area contributed by atoms with Crippen molar-refractivity contribution in [2.24, 2.45) is 5.92 Å². The summed E-state index contributed by atoms with van der Waals surface area (Å²) < 4.78 is 24.8. The Labute approximate surface area is 211 Å². The maximum atomic E-state index is 13.0. The van der Waals surface area contributed by atoms with Crippen molar-refractivity contribution in [3.8, 4) is 0 Å². The first-order valence-corrected chi connectivity index (χ1v) is 14.8. The van der Waals surface area contributed by atoms with Crippen LogP contribution in [0.1, 0.15) is 47.3 Å². The molecule has 2 heterocycles. The molecule has 9 nitrogen and oxygen atoms in total. The van der Waals surface area contributed by atoms with Gasteiger partial charge in [0.15, 0.2) is 10.9 Å². The fourth-order valence-corrected chi connectivity index (χ4v) is 6.23. The van der Waals surface area contributed by atoms with E-state index < -0.39 is 16.1 Å². The van der Waals surface area contributed by atoms with Gasteiger partial charge in [0.25, 0.3) is 0 Å². The van der Waals surface area contributed by atoms with Crippen LogP contribution in [0.4, 0.5) is 15.6 Å². The van der Waals surface area contributed by atoms with Gasteiger partial charge in [-0.15, -0.1) is 11.3 Å². The van der Waals surface area contributed by atoms with Crippen molar-refractivity contribution < 1.29 is 18.0 Å². The summed E-state index contributed by atoms with van der Waals surface area (Å²) in [5, 5.41) is 8.03. The van der Waals surface area contributed by atoms with Gasteiger partial charge in [-0.3, -0.25) is 10.1 Å². The lowest BCUT2D eigenvalue weighted by Gasteiger charge is -2.33. The Bertz CT molecular complexity index is 1170. The first-order chi connectivity index (χ1) is 16.7. The topological polar surface area (TPSA) is 112 Å². The van der Waals surface area contributed by atoms with Crippen LogP contribution in [-0.4, -0.2) is 73.4 Å². The maximum Gasteiger partial charge on any atom is 0.325 e. The van der Waals surface area contributed by atoms with E-state index in [1.165, 1.54) is 21.9 Å². The molecule has 0 spiro atoms. The van der Waals surface area contributed by atoms with Crippen LogP contribution in [0.3, 0.4) is 0 Å².